The van der Waals surface area contributed by atoms with Crippen LogP contribution in [0.15, 0.2) is 47.0 Å². The first-order chi connectivity index (χ1) is 18.4. The first-order valence-corrected chi connectivity index (χ1v) is 12.5. The molecule has 0 saturated carbocycles. The average Bonchev–Trinajstić information content (AvgIpc) is 3.54. The zero-order valence-corrected chi connectivity index (χ0v) is 21.8. The number of cyclic esters (lactones) is 1. The number of aromatic nitrogens is 2. The van der Waals surface area contributed by atoms with Gasteiger partial charge in [0.25, 0.3) is 0 Å². The number of hydrogen-bond acceptors (Lipinski definition) is 9. The van der Waals surface area contributed by atoms with Gasteiger partial charge in [-0.15, -0.1) is 0 Å². The number of hydrogen-bond donors (Lipinski definition) is 0. The van der Waals surface area contributed by atoms with Crippen molar-refractivity contribution >= 4 is 17.7 Å². The molecule has 3 heterocycles. The number of carbonyl (C=O) groups is 2. The zero-order valence-electron chi connectivity index (χ0n) is 21.8. The van der Waals surface area contributed by atoms with Gasteiger partial charge in [0.1, 0.15) is 17.6 Å². The number of piperazine rings is 1. The highest BCUT2D eigenvalue weighted by Gasteiger charge is 2.34. The van der Waals surface area contributed by atoms with Crippen LogP contribution in [0.4, 0.5) is 10.5 Å². The van der Waals surface area contributed by atoms with E-state index < -0.39 is 0 Å². The van der Waals surface area contributed by atoms with Crippen LogP contribution < -0.4 is 14.4 Å². The molecule has 2 aromatic carbocycles. The molecule has 0 aliphatic carbocycles. The van der Waals surface area contributed by atoms with Gasteiger partial charge in [0.2, 0.25) is 17.6 Å². The zero-order chi connectivity index (χ0) is 26.6. The predicted octanol–water partition coefficient (Wildman–Crippen LogP) is 2.77. The minimum absolute atomic E-state index is 0.0501. The summed E-state index contributed by atoms with van der Waals surface area (Å²) < 4.78 is 21.4. The molecule has 1 atom stereocenters. The Labute approximate surface area is 220 Å². The third-order valence-electron chi connectivity index (χ3n) is 6.85. The van der Waals surface area contributed by atoms with Gasteiger partial charge in [0.05, 0.1) is 27.2 Å². The molecule has 2 saturated heterocycles. The van der Waals surface area contributed by atoms with Gasteiger partial charge in [-0.1, -0.05) is 5.16 Å². The summed E-state index contributed by atoms with van der Waals surface area (Å²) in [7, 11) is 3.19. The van der Waals surface area contributed by atoms with Crippen LogP contribution in [0.25, 0.3) is 11.4 Å². The molecule has 0 bridgehead atoms. The monoisotopic (exact) mass is 521 g/mol. The quantitative estimate of drug-likeness (QED) is 0.442. The van der Waals surface area contributed by atoms with Gasteiger partial charge >= 0.3 is 6.09 Å². The molecule has 5 rings (SSSR count). The summed E-state index contributed by atoms with van der Waals surface area (Å²) in [5, 5.41) is 3.92. The van der Waals surface area contributed by atoms with E-state index in [1.54, 1.807) is 26.0 Å². The smallest absolute Gasteiger partial charge is 0.414 e. The van der Waals surface area contributed by atoms with E-state index in [-0.39, 0.29) is 24.5 Å². The largest absolute Gasteiger partial charge is 0.497 e. The highest BCUT2D eigenvalue weighted by molar-refractivity contribution is 5.90. The van der Waals surface area contributed by atoms with Crippen LogP contribution in [0.2, 0.25) is 0 Å². The van der Waals surface area contributed by atoms with Gasteiger partial charge in [0.15, 0.2) is 0 Å². The molecule has 0 radical (unpaired) electrons. The topological polar surface area (TPSA) is 110 Å². The van der Waals surface area contributed by atoms with E-state index in [9.17, 15) is 9.59 Å². The molecule has 11 nitrogen and oxygen atoms in total. The summed E-state index contributed by atoms with van der Waals surface area (Å²) in [5.41, 5.74) is 2.37. The first-order valence-electron chi connectivity index (χ1n) is 12.5. The van der Waals surface area contributed by atoms with E-state index in [0.29, 0.717) is 62.5 Å². The molecule has 38 heavy (non-hydrogen) atoms. The number of rotatable bonds is 8. The van der Waals surface area contributed by atoms with E-state index in [0.717, 1.165) is 16.8 Å². The maximum Gasteiger partial charge on any atom is 0.414 e. The summed E-state index contributed by atoms with van der Waals surface area (Å²) in [6.07, 6.45) is -0.356. The molecule has 2 amide bonds. The van der Waals surface area contributed by atoms with Gasteiger partial charge in [-0.2, -0.15) is 4.98 Å². The lowest BCUT2D eigenvalue weighted by Gasteiger charge is -2.35. The molecule has 1 aromatic heterocycles. The summed E-state index contributed by atoms with van der Waals surface area (Å²) >= 11 is 0. The normalized spacial score (nSPS) is 18.0. The SMILES string of the molecule is COc1ccc(OC)c(CC(=O)N2CCN(CC3CN(c4ccc(-c5noc(C)n5)cc4)C(=O)O3)CC2)c1. The molecule has 2 fully saturated rings. The average molecular weight is 522 g/mol. The third kappa shape index (κ3) is 5.57. The van der Waals surface area contributed by atoms with Crippen molar-refractivity contribution in [2.45, 2.75) is 19.4 Å². The van der Waals surface area contributed by atoms with Crippen LogP contribution in [0.3, 0.4) is 0 Å². The second-order valence-corrected chi connectivity index (χ2v) is 9.34. The van der Waals surface area contributed by atoms with Gasteiger partial charge < -0.3 is 23.6 Å². The van der Waals surface area contributed by atoms with Crippen LogP contribution in [0.1, 0.15) is 11.5 Å². The van der Waals surface area contributed by atoms with Crippen molar-refractivity contribution in [3.05, 3.63) is 53.9 Å². The van der Waals surface area contributed by atoms with Crippen LogP contribution in [-0.2, 0) is 16.0 Å². The van der Waals surface area contributed by atoms with Crippen molar-refractivity contribution in [2.75, 3.05) is 58.4 Å². The van der Waals surface area contributed by atoms with Crippen molar-refractivity contribution in [2.24, 2.45) is 0 Å². The molecular formula is C27H31N5O6. The molecule has 0 N–H and O–H groups in total. The second kappa shape index (κ2) is 11.1. The standard InChI is InChI=1S/C27H31N5O6/c1-18-28-26(29-38-18)19-4-6-21(7-5-19)32-17-23(37-27(32)34)16-30-10-12-31(13-11-30)25(33)15-20-14-22(35-2)8-9-24(20)36-3/h4-9,14,23H,10-13,15-17H2,1-3H3. The number of methoxy groups -OCH3 is 2. The Morgan fingerprint density at radius 2 is 1.82 bits per heavy atom. The number of benzene rings is 2. The lowest BCUT2D eigenvalue weighted by molar-refractivity contribution is -0.132. The Bertz CT molecular complexity index is 1290. The maximum atomic E-state index is 13.0. The third-order valence-corrected chi connectivity index (χ3v) is 6.85. The van der Waals surface area contributed by atoms with Crippen molar-refractivity contribution in [1.82, 2.24) is 19.9 Å². The van der Waals surface area contributed by atoms with E-state index in [1.165, 1.54) is 0 Å². The van der Waals surface area contributed by atoms with Gasteiger partial charge in [-0.25, -0.2) is 4.79 Å². The van der Waals surface area contributed by atoms with E-state index in [2.05, 4.69) is 15.0 Å². The molecule has 1 unspecified atom stereocenters. The van der Waals surface area contributed by atoms with Crippen molar-refractivity contribution in [1.29, 1.82) is 0 Å². The van der Waals surface area contributed by atoms with Crippen LogP contribution in [-0.4, -0.2) is 91.5 Å². The fourth-order valence-corrected chi connectivity index (χ4v) is 4.80. The summed E-state index contributed by atoms with van der Waals surface area (Å²) in [6.45, 7) is 5.49. The number of ether oxygens (including phenoxy) is 3. The number of anilines is 1. The maximum absolute atomic E-state index is 13.0. The number of amides is 2. The Morgan fingerprint density at radius 3 is 2.47 bits per heavy atom. The Balaban J connectivity index is 1.12. The van der Waals surface area contributed by atoms with Gasteiger partial charge in [-0.05, 0) is 42.5 Å². The van der Waals surface area contributed by atoms with Crippen molar-refractivity contribution < 1.29 is 28.3 Å². The predicted molar refractivity (Wildman–Crippen MR) is 138 cm³/mol. The minimum atomic E-state index is -0.362. The second-order valence-electron chi connectivity index (χ2n) is 9.34. The Kier molecular flexibility index (Phi) is 7.45. The fraction of sp³-hybridized carbons (Fsp3) is 0.407. The lowest BCUT2D eigenvalue weighted by Crippen LogP contribution is -2.51. The molecule has 11 heteroatoms. The number of aryl methyl sites for hydroxylation is 1. The van der Waals surface area contributed by atoms with E-state index >= 15 is 0 Å². The van der Waals surface area contributed by atoms with Crippen LogP contribution >= 0.6 is 0 Å². The number of nitrogens with zero attached hydrogens (tertiary/aromatic N) is 5. The summed E-state index contributed by atoms with van der Waals surface area (Å²) in [4.78, 5) is 35.5. The summed E-state index contributed by atoms with van der Waals surface area (Å²) in [5.74, 6) is 2.42. The van der Waals surface area contributed by atoms with Crippen molar-refractivity contribution in [3.63, 3.8) is 0 Å². The van der Waals surface area contributed by atoms with E-state index in [1.807, 2.05) is 47.4 Å². The van der Waals surface area contributed by atoms with Crippen molar-refractivity contribution in [3.8, 4) is 22.9 Å². The van der Waals surface area contributed by atoms with Gasteiger partial charge in [-0.3, -0.25) is 14.6 Å². The highest BCUT2D eigenvalue weighted by Crippen LogP contribution is 2.27. The number of carbonyl (C=O) groups excluding carboxylic acids is 2. The van der Waals surface area contributed by atoms with Crippen LogP contribution in [0, 0.1) is 6.92 Å². The van der Waals surface area contributed by atoms with E-state index in [4.69, 9.17) is 18.7 Å². The molecule has 200 valence electrons. The molecule has 2 aliphatic heterocycles. The molecule has 3 aromatic rings. The molecule has 2 aliphatic rings. The minimum Gasteiger partial charge on any atom is -0.497 e. The molecule has 0 spiro atoms. The Hall–Kier alpha value is -4.12. The first kappa shape index (κ1) is 25.5. The Morgan fingerprint density at radius 1 is 1.05 bits per heavy atom. The molecular weight excluding hydrogens is 490 g/mol. The van der Waals surface area contributed by atoms with Gasteiger partial charge in [0, 0.05) is 56.5 Å². The van der Waals surface area contributed by atoms with Crippen LogP contribution in [0.5, 0.6) is 11.5 Å². The highest BCUT2D eigenvalue weighted by atomic mass is 16.6. The summed E-state index contributed by atoms with van der Waals surface area (Å²) in [6, 6.07) is 12.9. The lowest BCUT2D eigenvalue weighted by atomic mass is 10.1. The fourth-order valence-electron chi connectivity index (χ4n) is 4.80.